The lowest BCUT2D eigenvalue weighted by Gasteiger charge is -2.12. The first-order chi connectivity index (χ1) is 8.17. The molecule has 1 aromatic carbocycles. The second-order valence-corrected chi connectivity index (χ2v) is 4.01. The van der Waals surface area contributed by atoms with E-state index < -0.39 is 0 Å². The molecule has 0 atom stereocenters. The number of terminal acetylenes is 1. The average molecular weight is 270 g/mol. The first-order valence-electron chi connectivity index (χ1n) is 5.64. The number of benzene rings is 1. The number of hydrogen-bond donors (Lipinski definition) is 1. The molecule has 0 aromatic heterocycles. The topological polar surface area (TPSA) is 30.5 Å². The minimum Gasteiger partial charge on any atom is -0.493 e. The van der Waals surface area contributed by atoms with Crippen LogP contribution in [0.25, 0.3) is 0 Å². The minimum absolute atomic E-state index is 0. The second kappa shape index (κ2) is 8.68. The smallest absolute Gasteiger partial charge is 0.162 e. The van der Waals surface area contributed by atoms with Crippen molar-refractivity contribution in [1.29, 1.82) is 0 Å². The summed E-state index contributed by atoms with van der Waals surface area (Å²) in [6, 6.07) is 6.30. The van der Waals surface area contributed by atoms with Crippen LogP contribution in [0.15, 0.2) is 18.2 Å². The molecule has 0 aliphatic rings. The molecule has 0 amide bonds. The quantitative estimate of drug-likeness (QED) is 0.806. The number of hydrogen-bond acceptors (Lipinski definition) is 3. The summed E-state index contributed by atoms with van der Waals surface area (Å²) in [5.41, 5.74) is 1.16. The van der Waals surface area contributed by atoms with Crippen molar-refractivity contribution in [2.24, 2.45) is 0 Å². The summed E-state index contributed by atoms with van der Waals surface area (Å²) in [7, 11) is 1.62. The molecular formula is C14H20ClNO2. The van der Waals surface area contributed by atoms with Crippen LogP contribution < -0.4 is 14.8 Å². The van der Waals surface area contributed by atoms with Gasteiger partial charge in [-0.15, -0.1) is 18.8 Å². The molecule has 1 N–H and O–H groups in total. The van der Waals surface area contributed by atoms with E-state index in [2.05, 4.69) is 25.1 Å². The molecule has 0 radical (unpaired) electrons. The second-order valence-electron chi connectivity index (χ2n) is 4.01. The van der Waals surface area contributed by atoms with Crippen LogP contribution in [0.2, 0.25) is 0 Å². The van der Waals surface area contributed by atoms with Crippen molar-refractivity contribution in [2.75, 3.05) is 13.7 Å². The summed E-state index contributed by atoms with van der Waals surface area (Å²) in [6.07, 6.45) is 5.15. The van der Waals surface area contributed by atoms with Crippen molar-refractivity contribution in [3.05, 3.63) is 23.8 Å². The zero-order chi connectivity index (χ0) is 12.7. The minimum atomic E-state index is 0. The Kier molecular flexibility index (Phi) is 8.02. The number of ether oxygens (including phenoxy) is 2. The van der Waals surface area contributed by atoms with Crippen LogP contribution in [-0.4, -0.2) is 19.8 Å². The van der Waals surface area contributed by atoms with E-state index in [0.717, 1.165) is 12.1 Å². The van der Waals surface area contributed by atoms with Crippen LogP contribution in [0.1, 0.15) is 19.4 Å². The Hall–Kier alpha value is -1.37. The Balaban J connectivity index is 0.00000289. The van der Waals surface area contributed by atoms with Gasteiger partial charge in [-0.25, -0.2) is 0 Å². The molecule has 3 nitrogen and oxygen atoms in total. The van der Waals surface area contributed by atoms with Gasteiger partial charge >= 0.3 is 0 Å². The fourth-order valence-electron chi connectivity index (χ4n) is 1.38. The highest BCUT2D eigenvalue weighted by molar-refractivity contribution is 5.85. The molecule has 18 heavy (non-hydrogen) atoms. The lowest BCUT2D eigenvalue weighted by atomic mass is 10.2. The van der Waals surface area contributed by atoms with E-state index in [9.17, 15) is 0 Å². The molecule has 0 heterocycles. The summed E-state index contributed by atoms with van der Waals surface area (Å²) in [4.78, 5) is 0. The summed E-state index contributed by atoms with van der Waals surface area (Å²) >= 11 is 0. The third-order valence-corrected chi connectivity index (χ3v) is 2.25. The fourth-order valence-corrected chi connectivity index (χ4v) is 1.38. The van der Waals surface area contributed by atoms with E-state index in [1.165, 1.54) is 0 Å². The fraction of sp³-hybridized carbons (Fsp3) is 0.429. The van der Waals surface area contributed by atoms with E-state index in [4.69, 9.17) is 15.9 Å². The van der Waals surface area contributed by atoms with Gasteiger partial charge in [-0.05, 0) is 17.7 Å². The monoisotopic (exact) mass is 269 g/mol. The molecule has 1 aromatic rings. The third-order valence-electron chi connectivity index (χ3n) is 2.25. The third kappa shape index (κ3) is 5.31. The van der Waals surface area contributed by atoms with Crippen LogP contribution in [-0.2, 0) is 6.54 Å². The van der Waals surface area contributed by atoms with Gasteiger partial charge in [-0.3, -0.25) is 0 Å². The maximum Gasteiger partial charge on any atom is 0.162 e. The highest BCUT2D eigenvalue weighted by Gasteiger charge is 2.05. The Labute approximate surface area is 115 Å². The Morgan fingerprint density at radius 1 is 1.33 bits per heavy atom. The van der Waals surface area contributed by atoms with Gasteiger partial charge in [-0.2, -0.15) is 0 Å². The van der Waals surface area contributed by atoms with E-state index in [0.29, 0.717) is 17.5 Å². The summed E-state index contributed by atoms with van der Waals surface area (Å²) in [5.74, 6) is 3.82. The van der Waals surface area contributed by atoms with Crippen LogP contribution in [0.5, 0.6) is 11.5 Å². The predicted molar refractivity (Wildman–Crippen MR) is 76.5 cm³/mol. The zero-order valence-corrected chi connectivity index (χ0v) is 11.8. The zero-order valence-electron chi connectivity index (χ0n) is 11.0. The van der Waals surface area contributed by atoms with E-state index in [1.54, 1.807) is 7.11 Å². The molecule has 1 rings (SSSR count). The molecule has 0 aliphatic carbocycles. The van der Waals surface area contributed by atoms with Gasteiger partial charge in [0.1, 0.15) is 6.61 Å². The van der Waals surface area contributed by atoms with Gasteiger partial charge in [0.25, 0.3) is 0 Å². The lowest BCUT2D eigenvalue weighted by Crippen LogP contribution is -2.21. The first kappa shape index (κ1) is 16.6. The standard InChI is InChI=1S/C14H19NO2.ClH/c1-5-8-17-13-7-6-12(9-14(13)16-4)10-15-11(2)3;/h1,6-7,9,11,15H,8,10H2,2-4H3;1H. The number of nitrogens with one attached hydrogen (secondary N) is 1. The highest BCUT2D eigenvalue weighted by atomic mass is 35.5. The van der Waals surface area contributed by atoms with Gasteiger partial charge in [0.2, 0.25) is 0 Å². The molecular weight excluding hydrogens is 250 g/mol. The normalized spacial score (nSPS) is 9.50. The molecule has 0 spiro atoms. The number of halogens is 1. The molecule has 0 saturated carbocycles. The highest BCUT2D eigenvalue weighted by Crippen LogP contribution is 2.27. The van der Waals surface area contributed by atoms with Crippen molar-refractivity contribution in [2.45, 2.75) is 26.4 Å². The van der Waals surface area contributed by atoms with E-state index >= 15 is 0 Å². The van der Waals surface area contributed by atoms with Gasteiger partial charge in [0, 0.05) is 12.6 Å². The maximum absolute atomic E-state index is 5.38. The van der Waals surface area contributed by atoms with Gasteiger partial charge in [-0.1, -0.05) is 25.8 Å². The molecule has 4 heteroatoms. The summed E-state index contributed by atoms with van der Waals surface area (Å²) in [6.45, 7) is 5.28. The summed E-state index contributed by atoms with van der Waals surface area (Å²) < 4.78 is 10.6. The van der Waals surface area contributed by atoms with Crippen LogP contribution in [0.3, 0.4) is 0 Å². The average Bonchev–Trinajstić information content (AvgIpc) is 2.34. The van der Waals surface area contributed by atoms with E-state index in [-0.39, 0.29) is 19.0 Å². The van der Waals surface area contributed by atoms with Crippen LogP contribution >= 0.6 is 12.4 Å². The lowest BCUT2D eigenvalue weighted by molar-refractivity contribution is 0.330. The van der Waals surface area contributed by atoms with Crippen molar-refractivity contribution in [3.8, 4) is 23.8 Å². The molecule has 0 unspecified atom stereocenters. The Bertz CT molecular complexity index is 399. The number of rotatable bonds is 6. The largest absolute Gasteiger partial charge is 0.493 e. The molecule has 0 aliphatic heterocycles. The molecule has 0 fully saturated rings. The van der Waals surface area contributed by atoms with Crippen molar-refractivity contribution in [3.63, 3.8) is 0 Å². The SMILES string of the molecule is C#CCOc1ccc(CNC(C)C)cc1OC.Cl. The van der Waals surface area contributed by atoms with Crippen molar-refractivity contribution < 1.29 is 9.47 Å². The molecule has 0 saturated heterocycles. The number of methoxy groups -OCH3 is 1. The van der Waals surface area contributed by atoms with Gasteiger partial charge in [0.15, 0.2) is 11.5 Å². The van der Waals surface area contributed by atoms with E-state index in [1.807, 2.05) is 18.2 Å². The predicted octanol–water partition coefficient (Wildman–Crippen LogP) is 2.63. The Morgan fingerprint density at radius 3 is 2.61 bits per heavy atom. The van der Waals surface area contributed by atoms with Crippen LogP contribution in [0, 0.1) is 12.3 Å². The van der Waals surface area contributed by atoms with Crippen molar-refractivity contribution in [1.82, 2.24) is 5.32 Å². The first-order valence-corrected chi connectivity index (χ1v) is 5.64. The molecule has 0 bridgehead atoms. The molecule has 100 valence electrons. The van der Waals surface area contributed by atoms with Crippen LogP contribution in [0.4, 0.5) is 0 Å². The van der Waals surface area contributed by atoms with Gasteiger partial charge < -0.3 is 14.8 Å². The van der Waals surface area contributed by atoms with Crippen molar-refractivity contribution >= 4 is 12.4 Å². The van der Waals surface area contributed by atoms with Gasteiger partial charge in [0.05, 0.1) is 7.11 Å². The summed E-state index contributed by atoms with van der Waals surface area (Å²) in [5, 5.41) is 3.35. The Morgan fingerprint density at radius 2 is 2.06 bits per heavy atom. The maximum atomic E-state index is 5.38.